The number of halogens is 1. The van der Waals surface area contributed by atoms with Crippen LogP contribution in [0.4, 0.5) is 0 Å². The lowest BCUT2D eigenvalue weighted by Gasteiger charge is -2.06. The Morgan fingerprint density at radius 2 is 1.81 bits per heavy atom. The number of benzene rings is 2. The first kappa shape index (κ1) is 15.1. The fourth-order valence-electron chi connectivity index (χ4n) is 1.66. The third-order valence-corrected chi connectivity index (χ3v) is 2.96. The number of rotatable bonds is 6. The molecule has 2 aromatic rings. The molecule has 2 aromatic carbocycles. The Hall–Kier alpha value is -2.26. The molecule has 0 atom stereocenters. The van der Waals surface area contributed by atoms with Gasteiger partial charge >= 0.3 is 0 Å². The Morgan fingerprint density at radius 1 is 1.10 bits per heavy atom. The van der Waals surface area contributed by atoms with Gasteiger partial charge in [-0.1, -0.05) is 41.9 Å². The quantitative estimate of drug-likeness (QED) is 0.654. The molecule has 1 amide bonds. The standard InChI is InChI=1S/C17H16ClNO2/c18-15-9-6-14(7-10-15)8-11-17(20)19-12-13-21-16-4-2-1-3-5-16/h1-11H,12-13H2,(H,19,20). The number of carbonyl (C=O) groups is 1. The predicted octanol–water partition coefficient (Wildman–Crippen LogP) is 3.55. The molecule has 108 valence electrons. The van der Waals surface area contributed by atoms with Crippen molar-refractivity contribution in [1.82, 2.24) is 5.32 Å². The fraction of sp³-hybridized carbons (Fsp3) is 0.118. The van der Waals surface area contributed by atoms with E-state index in [4.69, 9.17) is 16.3 Å². The Labute approximate surface area is 129 Å². The first-order valence-electron chi connectivity index (χ1n) is 6.63. The van der Waals surface area contributed by atoms with Crippen molar-refractivity contribution in [2.75, 3.05) is 13.2 Å². The second kappa shape index (κ2) is 8.12. The molecular weight excluding hydrogens is 286 g/mol. The molecular formula is C17H16ClNO2. The predicted molar refractivity (Wildman–Crippen MR) is 85.4 cm³/mol. The van der Waals surface area contributed by atoms with E-state index >= 15 is 0 Å². The third kappa shape index (κ3) is 5.71. The van der Waals surface area contributed by atoms with Crippen LogP contribution in [0.5, 0.6) is 5.75 Å². The zero-order valence-corrected chi connectivity index (χ0v) is 12.2. The SMILES string of the molecule is O=C(C=Cc1ccc(Cl)cc1)NCCOc1ccccc1. The van der Waals surface area contributed by atoms with Crippen molar-refractivity contribution < 1.29 is 9.53 Å². The monoisotopic (exact) mass is 301 g/mol. The molecule has 21 heavy (non-hydrogen) atoms. The van der Waals surface area contributed by atoms with Crippen molar-refractivity contribution in [3.63, 3.8) is 0 Å². The highest BCUT2D eigenvalue weighted by atomic mass is 35.5. The molecule has 4 heteroatoms. The molecule has 2 rings (SSSR count). The van der Waals surface area contributed by atoms with Crippen LogP contribution in [0.1, 0.15) is 5.56 Å². The van der Waals surface area contributed by atoms with Crippen LogP contribution in [0, 0.1) is 0 Å². The van der Waals surface area contributed by atoms with Gasteiger partial charge in [0.2, 0.25) is 5.91 Å². The van der Waals surface area contributed by atoms with Crippen molar-refractivity contribution >= 4 is 23.6 Å². The summed E-state index contributed by atoms with van der Waals surface area (Å²) in [4.78, 5) is 11.6. The van der Waals surface area contributed by atoms with Gasteiger partial charge in [-0.3, -0.25) is 4.79 Å². The highest BCUT2D eigenvalue weighted by molar-refractivity contribution is 6.30. The van der Waals surface area contributed by atoms with Gasteiger partial charge < -0.3 is 10.1 Å². The van der Waals surface area contributed by atoms with Gasteiger partial charge in [0.1, 0.15) is 12.4 Å². The molecule has 0 aromatic heterocycles. The van der Waals surface area contributed by atoms with Crippen LogP contribution in [-0.2, 0) is 4.79 Å². The van der Waals surface area contributed by atoms with E-state index in [9.17, 15) is 4.79 Å². The molecule has 0 bridgehead atoms. The normalized spacial score (nSPS) is 10.5. The van der Waals surface area contributed by atoms with Crippen molar-refractivity contribution in [3.05, 3.63) is 71.3 Å². The lowest BCUT2D eigenvalue weighted by Crippen LogP contribution is -2.26. The summed E-state index contributed by atoms with van der Waals surface area (Å²) in [6.07, 6.45) is 3.23. The highest BCUT2D eigenvalue weighted by Gasteiger charge is 1.96. The zero-order valence-electron chi connectivity index (χ0n) is 11.5. The maximum atomic E-state index is 11.6. The number of para-hydroxylation sites is 1. The highest BCUT2D eigenvalue weighted by Crippen LogP contribution is 2.10. The number of ether oxygens (including phenoxy) is 1. The van der Waals surface area contributed by atoms with Crippen LogP contribution in [0.25, 0.3) is 6.08 Å². The molecule has 3 nitrogen and oxygen atoms in total. The molecule has 0 radical (unpaired) electrons. The van der Waals surface area contributed by atoms with Gasteiger partial charge in [0.15, 0.2) is 0 Å². The Morgan fingerprint density at radius 3 is 2.52 bits per heavy atom. The van der Waals surface area contributed by atoms with Gasteiger partial charge in [0.05, 0.1) is 6.54 Å². The number of hydrogen-bond acceptors (Lipinski definition) is 2. The number of amides is 1. The van der Waals surface area contributed by atoms with Crippen LogP contribution in [0.2, 0.25) is 5.02 Å². The maximum Gasteiger partial charge on any atom is 0.244 e. The molecule has 0 aliphatic rings. The second-order valence-electron chi connectivity index (χ2n) is 4.34. The van der Waals surface area contributed by atoms with E-state index in [0.717, 1.165) is 11.3 Å². The largest absolute Gasteiger partial charge is 0.492 e. The van der Waals surface area contributed by atoms with E-state index in [1.165, 1.54) is 6.08 Å². The Kier molecular flexibility index (Phi) is 5.85. The average Bonchev–Trinajstić information content (AvgIpc) is 2.52. The first-order chi connectivity index (χ1) is 10.2. The molecule has 0 spiro atoms. The number of hydrogen-bond donors (Lipinski definition) is 1. The molecule has 1 N–H and O–H groups in total. The van der Waals surface area contributed by atoms with E-state index in [2.05, 4.69) is 5.32 Å². The minimum absolute atomic E-state index is 0.151. The molecule has 0 saturated heterocycles. The lowest BCUT2D eigenvalue weighted by molar-refractivity contribution is -0.116. The topological polar surface area (TPSA) is 38.3 Å². The van der Waals surface area contributed by atoms with Crippen LogP contribution < -0.4 is 10.1 Å². The van der Waals surface area contributed by atoms with Crippen LogP contribution in [-0.4, -0.2) is 19.1 Å². The van der Waals surface area contributed by atoms with Gasteiger partial charge in [-0.25, -0.2) is 0 Å². The van der Waals surface area contributed by atoms with Gasteiger partial charge in [0, 0.05) is 11.1 Å². The summed E-state index contributed by atoms with van der Waals surface area (Å²) in [5.41, 5.74) is 0.926. The summed E-state index contributed by atoms with van der Waals surface area (Å²) in [6.45, 7) is 0.892. The number of carbonyl (C=O) groups excluding carboxylic acids is 1. The first-order valence-corrected chi connectivity index (χ1v) is 7.01. The van der Waals surface area contributed by atoms with E-state index in [-0.39, 0.29) is 5.91 Å². The summed E-state index contributed by atoms with van der Waals surface area (Å²) in [6, 6.07) is 16.8. The van der Waals surface area contributed by atoms with Crippen molar-refractivity contribution in [2.24, 2.45) is 0 Å². The minimum Gasteiger partial charge on any atom is -0.492 e. The molecule has 0 heterocycles. The van der Waals surface area contributed by atoms with Crippen molar-refractivity contribution in [3.8, 4) is 5.75 Å². The molecule has 0 fully saturated rings. The Balaban J connectivity index is 1.69. The zero-order chi connectivity index (χ0) is 14.9. The van der Waals surface area contributed by atoms with E-state index in [0.29, 0.717) is 18.2 Å². The lowest BCUT2D eigenvalue weighted by atomic mass is 10.2. The second-order valence-corrected chi connectivity index (χ2v) is 4.77. The fourth-order valence-corrected chi connectivity index (χ4v) is 1.79. The van der Waals surface area contributed by atoms with Crippen LogP contribution >= 0.6 is 11.6 Å². The molecule has 0 saturated carbocycles. The maximum absolute atomic E-state index is 11.6. The minimum atomic E-state index is -0.151. The number of nitrogens with one attached hydrogen (secondary N) is 1. The van der Waals surface area contributed by atoms with E-state index in [1.807, 2.05) is 42.5 Å². The molecule has 0 aliphatic carbocycles. The summed E-state index contributed by atoms with van der Waals surface area (Å²) in [7, 11) is 0. The van der Waals surface area contributed by atoms with Gasteiger partial charge in [-0.2, -0.15) is 0 Å². The average molecular weight is 302 g/mol. The molecule has 0 aliphatic heterocycles. The van der Waals surface area contributed by atoms with E-state index in [1.54, 1.807) is 18.2 Å². The van der Waals surface area contributed by atoms with Crippen LogP contribution in [0.3, 0.4) is 0 Å². The van der Waals surface area contributed by atoms with Gasteiger partial charge in [0.25, 0.3) is 0 Å². The Bertz CT molecular complexity index is 594. The summed E-state index contributed by atoms with van der Waals surface area (Å²) in [5.74, 6) is 0.644. The summed E-state index contributed by atoms with van der Waals surface area (Å²) in [5, 5.41) is 3.43. The summed E-state index contributed by atoms with van der Waals surface area (Å²) < 4.78 is 5.48. The van der Waals surface area contributed by atoms with E-state index < -0.39 is 0 Å². The van der Waals surface area contributed by atoms with Crippen LogP contribution in [0.15, 0.2) is 60.7 Å². The summed E-state index contributed by atoms with van der Waals surface area (Å²) >= 11 is 5.79. The van der Waals surface area contributed by atoms with Gasteiger partial charge in [-0.05, 0) is 35.9 Å². The van der Waals surface area contributed by atoms with Crippen molar-refractivity contribution in [2.45, 2.75) is 0 Å². The van der Waals surface area contributed by atoms with Gasteiger partial charge in [-0.15, -0.1) is 0 Å². The van der Waals surface area contributed by atoms with Crippen molar-refractivity contribution in [1.29, 1.82) is 0 Å². The third-order valence-electron chi connectivity index (χ3n) is 2.71. The smallest absolute Gasteiger partial charge is 0.244 e. The molecule has 0 unspecified atom stereocenters.